The third kappa shape index (κ3) is 51.1. The minimum atomic E-state index is -4.67. The second-order valence-electron chi connectivity index (χ2n) is 1.01. The summed E-state index contributed by atoms with van der Waals surface area (Å²) >= 11 is 0. The van der Waals surface area contributed by atoms with Gasteiger partial charge >= 0.3 is 26.9 Å². The van der Waals surface area contributed by atoms with Gasteiger partial charge in [0.1, 0.15) is 0 Å². The van der Waals surface area contributed by atoms with Gasteiger partial charge in [0.15, 0.2) is 4.31 Å². The Balaban J connectivity index is 0. The Kier molecular flexibility index (Phi) is 7.80. The minimum absolute atomic E-state index is 2.92. The van der Waals surface area contributed by atoms with Crippen molar-refractivity contribution < 1.29 is 40.8 Å². The third-order valence-corrected chi connectivity index (χ3v) is 1.26. The fourth-order valence-corrected chi connectivity index (χ4v) is 0.538. The van der Waals surface area contributed by atoms with Crippen molar-refractivity contribution in [3.8, 4) is 0 Å². The van der Waals surface area contributed by atoms with Crippen LogP contribution in [-0.4, -0.2) is 27.3 Å². The molecule has 72 valence electrons. The summed E-state index contributed by atoms with van der Waals surface area (Å²) in [6.07, 6.45) is 0. The van der Waals surface area contributed by atoms with Crippen LogP contribution in [-0.2, 0) is 23.8 Å². The summed E-state index contributed by atoms with van der Waals surface area (Å²) < 4.78 is 53.7. The lowest BCUT2D eigenvalue weighted by molar-refractivity contribution is 0.370. The highest BCUT2D eigenvalue weighted by Crippen LogP contribution is 2.30. The Morgan fingerprint density at radius 3 is 1.17 bits per heavy atom. The van der Waals surface area contributed by atoms with Crippen LogP contribution in [0.4, 0.5) is 0 Å². The van der Waals surface area contributed by atoms with Gasteiger partial charge in [0.2, 0.25) is 0 Å². The van der Waals surface area contributed by atoms with E-state index in [2.05, 4.69) is 4.31 Å². The van der Waals surface area contributed by atoms with E-state index in [1.807, 2.05) is 0 Å². The quantitative estimate of drug-likeness (QED) is 0.374. The van der Waals surface area contributed by atoms with Crippen molar-refractivity contribution in [3.63, 3.8) is 0 Å². The Morgan fingerprint density at radius 2 is 1.17 bits per heavy atom. The Morgan fingerprint density at radius 1 is 1.00 bits per heavy atom. The summed E-state index contributed by atoms with van der Waals surface area (Å²) in [5, 5.41) is 0. The van der Waals surface area contributed by atoms with Crippen LogP contribution >= 0.6 is 16.5 Å². The molecule has 9 nitrogen and oxygen atoms in total. The highest BCUT2D eigenvalue weighted by atomic mass is 32.3. The Bertz CT molecular complexity index is 228. The molecule has 12 heavy (non-hydrogen) atoms. The van der Waals surface area contributed by atoms with Crippen LogP contribution in [0.2, 0.25) is 0 Å². The van der Waals surface area contributed by atoms with Gasteiger partial charge in [0.05, 0.1) is 0 Å². The molecule has 0 aromatic rings. The molecule has 12 heteroatoms. The van der Waals surface area contributed by atoms with Crippen LogP contribution in [0.3, 0.4) is 0 Å². The predicted octanol–water partition coefficient (Wildman–Crippen LogP) is -0.350. The molecule has 2 atom stereocenters. The molecule has 4 N–H and O–H groups in total. The van der Waals surface area contributed by atoms with Gasteiger partial charge in [-0.3, -0.25) is 9.11 Å². The standard InChI is InChI=1S/O5P2.H2O4S/c1-6(2)5-7(3)4;1-5(2,3)4/h;(H2,1,2,3,4)/p+2. The molecule has 0 bridgehead atoms. The van der Waals surface area contributed by atoms with Gasteiger partial charge in [-0.15, -0.1) is 9.79 Å². The maximum absolute atomic E-state index is 9.39. The van der Waals surface area contributed by atoms with Crippen molar-refractivity contribution in [3.05, 3.63) is 0 Å². The van der Waals surface area contributed by atoms with E-state index in [0.29, 0.717) is 0 Å². The largest absolute Gasteiger partial charge is 0.745 e. The topological polar surface area (TPSA) is 158 Å². The van der Waals surface area contributed by atoms with Crippen molar-refractivity contribution in [2.75, 3.05) is 0 Å². The zero-order valence-electron chi connectivity index (χ0n) is 5.13. The smallest absolute Gasteiger partial charge is 0.264 e. The van der Waals surface area contributed by atoms with Crippen molar-refractivity contribution >= 4 is 26.9 Å². The SMILES string of the molecule is O=S(=O)(O)O.O=[P+](O)O[P+](=O)O. The van der Waals surface area contributed by atoms with E-state index in [0.717, 1.165) is 0 Å². The first-order chi connectivity index (χ1) is 5.13. The summed E-state index contributed by atoms with van der Waals surface area (Å²) in [5.74, 6) is 0. The fraction of sp³-hybridized carbons (Fsp3) is 0. The molecule has 0 fully saturated rings. The highest BCUT2D eigenvalue weighted by Gasteiger charge is 2.31. The lowest BCUT2D eigenvalue weighted by Crippen LogP contribution is -1.89. The molecule has 0 saturated carbocycles. The molecule has 0 aliphatic rings. The molecule has 0 saturated heterocycles. The molecular formula is H4O9P2S+2. The van der Waals surface area contributed by atoms with Crippen LogP contribution in [0.5, 0.6) is 0 Å². The van der Waals surface area contributed by atoms with Crippen molar-refractivity contribution in [1.82, 2.24) is 0 Å². The first kappa shape index (κ1) is 14.5. The first-order valence-electron chi connectivity index (χ1n) is 1.83. The van der Waals surface area contributed by atoms with Gasteiger partial charge in [-0.2, -0.15) is 8.42 Å². The molecule has 0 radical (unpaired) electrons. The van der Waals surface area contributed by atoms with E-state index in [-0.39, 0.29) is 0 Å². The number of hydrogen-bond donors (Lipinski definition) is 4. The molecular weight excluding hydrogens is 238 g/mol. The minimum Gasteiger partial charge on any atom is -0.264 e. The van der Waals surface area contributed by atoms with E-state index in [1.165, 1.54) is 0 Å². The molecule has 0 aliphatic carbocycles. The molecule has 0 spiro atoms. The van der Waals surface area contributed by atoms with E-state index in [4.69, 9.17) is 27.3 Å². The van der Waals surface area contributed by atoms with Gasteiger partial charge in [-0.05, 0) is 0 Å². The van der Waals surface area contributed by atoms with Gasteiger partial charge in [0.25, 0.3) is 0 Å². The van der Waals surface area contributed by atoms with Crippen molar-refractivity contribution in [1.29, 1.82) is 0 Å². The van der Waals surface area contributed by atoms with Gasteiger partial charge in [-0.1, -0.05) is 0 Å². The average molecular weight is 242 g/mol. The first-order valence-corrected chi connectivity index (χ1v) is 5.49. The Hall–Kier alpha value is -0.0500. The average Bonchev–Trinajstić information content (AvgIpc) is 1.52. The zero-order valence-corrected chi connectivity index (χ0v) is 7.74. The molecule has 0 aliphatic heterocycles. The van der Waals surface area contributed by atoms with Crippen LogP contribution in [0, 0.1) is 0 Å². The van der Waals surface area contributed by atoms with Crippen LogP contribution in [0.1, 0.15) is 0 Å². The van der Waals surface area contributed by atoms with E-state index in [1.54, 1.807) is 0 Å². The summed E-state index contributed by atoms with van der Waals surface area (Å²) in [6, 6.07) is 0. The van der Waals surface area contributed by atoms with E-state index >= 15 is 0 Å². The van der Waals surface area contributed by atoms with Crippen LogP contribution < -0.4 is 0 Å². The van der Waals surface area contributed by atoms with E-state index < -0.39 is 26.9 Å². The second-order valence-corrected chi connectivity index (χ2v) is 3.51. The van der Waals surface area contributed by atoms with Gasteiger partial charge in [0, 0.05) is 9.13 Å². The molecule has 0 aromatic carbocycles. The maximum Gasteiger partial charge on any atom is 0.745 e. The maximum atomic E-state index is 9.39. The molecule has 2 unspecified atom stereocenters. The number of rotatable bonds is 2. The molecule has 0 aromatic heterocycles. The fourth-order valence-electron chi connectivity index (χ4n) is 0.0598. The van der Waals surface area contributed by atoms with Crippen LogP contribution in [0.25, 0.3) is 0 Å². The lowest BCUT2D eigenvalue weighted by atomic mass is 15.8. The van der Waals surface area contributed by atoms with Gasteiger partial charge < -0.3 is 0 Å². The molecule has 0 rings (SSSR count). The summed E-state index contributed by atoms with van der Waals surface area (Å²) in [6.45, 7) is 0. The normalized spacial score (nSPS) is 12.7. The predicted molar refractivity (Wildman–Crippen MR) is 34.9 cm³/mol. The van der Waals surface area contributed by atoms with E-state index in [9.17, 15) is 9.13 Å². The summed E-state index contributed by atoms with van der Waals surface area (Å²) in [7, 11) is -10.5. The van der Waals surface area contributed by atoms with Crippen molar-refractivity contribution in [2.24, 2.45) is 0 Å². The second kappa shape index (κ2) is 6.46. The molecule has 0 amide bonds. The van der Waals surface area contributed by atoms with Gasteiger partial charge in [-0.25, -0.2) is 0 Å². The van der Waals surface area contributed by atoms with Crippen LogP contribution in [0.15, 0.2) is 0 Å². The Labute approximate surface area is 68.5 Å². The van der Waals surface area contributed by atoms with Crippen molar-refractivity contribution in [2.45, 2.75) is 0 Å². The number of hydrogen-bond acceptors (Lipinski definition) is 5. The highest BCUT2D eigenvalue weighted by molar-refractivity contribution is 7.79. The third-order valence-electron chi connectivity index (χ3n) is 0.140. The summed E-state index contributed by atoms with van der Waals surface area (Å²) in [4.78, 5) is 15.3. The molecule has 0 heterocycles. The zero-order chi connectivity index (χ0) is 10.4. The summed E-state index contributed by atoms with van der Waals surface area (Å²) in [5.41, 5.74) is 0. The monoisotopic (exact) mass is 242 g/mol. The lowest BCUT2D eigenvalue weighted by Gasteiger charge is -1.68.